The first-order valence-corrected chi connectivity index (χ1v) is 12.3. The molecule has 9 heterocycles. The van der Waals surface area contributed by atoms with Crippen molar-refractivity contribution >= 4 is 44.4 Å². The summed E-state index contributed by atoms with van der Waals surface area (Å²) >= 11 is 0. The second kappa shape index (κ2) is 8.74. The molecule has 2 aliphatic rings. The van der Waals surface area contributed by atoms with E-state index in [0.29, 0.717) is 68.3 Å². The maximum absolute atomic E-state index is 4.84. The van der Waals surface area contributed by atoms with Gasteiger partial charge in [0.2, 0.25) is 0 Å². The average molecular weight is 580 g/mol. The molecule has 12 nitrogen and oxygen atoms in total. The monoisotopic (exact) mass is 579 g/mol. The van der Waals surface area contributed by atoms with E-state index in [-0.39, 0.29) is 17.1 Å². The molecule has 2 aliphatic heterocycles. The second-order valence-corrected chi connectivity index (χ2v) is 9.08. The van der Waals surface area contributed by atoms with Gasteiger partial charge in [0.25, 0.3) is 0 Å². The van der Waals surface area contributed by atoms with Crippen LogP contribution in [0.25, 0.3) is 90.2 Å². The Morgan fingerprint density at radius 2 is 0.829 bits per heavy atom. The quantitative estimate of drug-likeness (QED) is 0.240. The maximum Gasteiger partial charge on any atom is 2.00 e. The topological polar surface area (TPSA) is 157 Å². The number of pyridine rings is 4. The fourth-order valence-corrected chi connectivity index (χ4v) is 4.96. The zero-order chi connectivity index (χ0) is 26.2. The summed E-state index contributed by atoms with van der Waals surface area (Å²) < 4.78 is 0. The van der Waals surface area contributed by atoms with Crippen LogP contribution in [0.5, 0.6) is 0 Å². The van der Waals surface area contributed by atoms with Crippen molar-refractivity contribution in [3.8, 4) is 45.8 Å². The van der Waals surface area contributed by atoms with Crippen molar-refractivity contribution in [3.05, 3.63) is 73.3 Å². The first-order valence-electron chi connectivity index (χ1n) is 12.3. The summed E-state index contributed by atoms with van der Waals surface area (Å²) in [5.74, 6) is 1.61. The molecule has 0 unspecified atom stereocenters. The molecule has 0 fully saturated rings. The van der Waals surface area contributed by atoms with Gasteiger partial charge < -0.3 is 29.9 Å². The molecular weight excluding hydrogens is 568 g/mol. The van der Waals surface area contributed by atoms with Crippen LogP contribution in [0.15, 0.2) is 73.3 Å². The number of hydrogen-bond donors (Lipinski definition) is 0. The predicted octanol–water partition coefficient (Wildman–Crippen LogP) is 3.70. The maximum atomic E-state index is 4.84. The third-order valence-electron chi connectivity index (χ3n) is 6.74. The van der Waals surface area contributed by atoms with Gasteiger partial charge in [-0.2, -0.15) is 0 Å². The Labute approximate surface area is 240 Å². The van der Waals surface area contributed by atoms with Gasteiger partial charge in [-0.05, 0) is 36.4 Å². The van der Waals surface area contributed by atoms with E-state index in [2.05, 4.69) is 19.9 Å². The van der Waals surface area contributed by atoms with Gasteiger partial charge in [0.15, 0.2) is 0 Å². The van der Waals surface area contributed by atoms with E-state index in [0.717, 1.165) is 21.9 Å². The van der Waals surface area contributed by atoms with Gasteiger partial charge in [-0.25, -0.2) is 9.97 Å². The Kier molecular flexibility index (Phi) is 4.99. The summed E-state index contributed by atoms with van der Waals surface area (Å²) in [6.45, 7) is 0. The summed E-state index contributed by atoms with van der Waals surface area (Å²) in [5.41, 5.74) is 5.44. The predicted molar refractivity (Wildman–Crippen MR) is 145 cm³/mol. The smallest absolute Gasteiger partial charge is 0.356 e. The van der Waals surface area contributed by atoms with Crippen molar-refractivity contribution in [2.45, 2.75) is 0 Å². The molecule has 0 aromatic carbocycles. The van der Waals surface area contributed by atoms with Crippen molar-refractivity contribution in [2.75, 3.05) is 0 Å². The van der Waals surface area contributed by atoms with Crippen LogP contribution < -0.4 is 9.97 Å². The molecule has 0 aliphatic carbocycles. The van der Waals surface area contributed by atoms with Crippen molar-refractivity contribution in [1.82, 2.24) is 59.8 Å². The molecular formula is C28H12CuN12. The molecule has 195 valence electrons. The molecule has 1 radical (unpaired) electrons. The molecule has 41 heavy (non-hydrogen) atoms. The van der Waals surface area contributed by atoms with E-state index in [9.17, 15) is 0 Å². The normalized spacial score (nSPS) is 11.7. The summed E-state index contributed by atoms with van der Waals surface area (Å²) in [6.07, 6.45) is 6.77. The summed E-state index contributed by atoms with van der Waals surface area (Å²) in [5, 5.41) is 1.46. The van der Waals surface area contributed by atoms with E-state index in [1.54, 1.807) is 24.8 Å². The fraction of sp³-hybridized carbons (Fsp3) is 0. The molecule has 8 bridgehead atoms. The third-order valence-corrected chi connectivity index (χ3v) is 6.74. The van der Waals surface area contributed by atoms with Crippen molar-refractivity contribution in [2.24, 2.45) is 0 Å². The van der Waals surface area contributed by atoms with Crippen LogP contribution in [0, 0.1) is 0 Å². The molecule has 7 aromatic heterocycles. The molecule has 7 aromatic rings. The van der Waals surface area contributed by atoms with E-state index < -0.39 is 0 Å². The van der Waals surface area contributed by atoms with Crippen LogP contribution in [0.3, 0.4) is 0 Å². The molecule has 0 saturated heterocycles. The Morgan fingerprint density at radius 1 is 0.415 bits per heavy atom. The second-order valence-electron chi connectivity index (χ2n) is 9.08. The summed E-state index contributed by atoms with van der Waals surface area (Å²) in [7, 11) is 0. The number of fused-ring (bicyclic) bond motifs is 20. The van der Waals surface area contributed by atoms with Gasteiger partial charge in [0.05, 0.1) is 22.7 Å². The van der Waals surface area contributed by atoms with E-state index in [1.807, 2.05) is 48.5 Å². The Bertz CT molecular complexity index is 2040. The minimum absolute atomic E-state index is 0. The zero-order valence-electron chi connectivity index (χ0n) is 20.6. The largest absolute Gasteiger partial charge is 2.00 e. The van der Waals surface area contributed by atoms with Crippen molar-refractivity contribution < 1.29 is 17.1 Å². The molecule has 0 spiro atoms. The molecule has 0 N–H and O–H groups in total. The van der Waals surface area contributed by atoms with Gasteiger partial charge in [0.1, 0.15) is 23.0 Å². The van der Waals surface area contributed by atoms with Crippen LogP contribution in [-0.4, -0.2) is 49.8 Å². The number of rotatable bonds is 0. The van der Waals surface area contributed by atoms with Gasteiger partial charge in [-0.1, -0.05) is 12.1 Å². The Morgan fingerprint density at radius 3 is 1.37 bits per heavy atom. The van der Waals surface area contributed by atoms with Crippen molar-refractivity contribution in [3.63, 3.8) is 0 Å². The molecule has 0 atom stereocenters. The first kappa shape index (κ1) is 23.4. The third kappa shape index (κ3) is 3.46. The van der Waals surface area contributed by atoms with Crippen LogP contribution in [0.4, 0.5) is 0 Å². The van der Waals surface area contributed by atoms with E-state index in [4.69, 9.17) is 39.9 Å². The number of hydrogen-bond acceptors (Lipinski definition) is 10. The zero-order valence-corrected chi connectivity index (χ0v) is 21.5. The Balaban J connectivity index is 0.00000256. The van der Waals surface area contributed by atoms with Gasteiger partial charge in [-0.15, -0.1) is 0 Å². The molecule has 0 amide bonds. The molecule has 0 saturated carbocycles. The fourth-order valence-electron chi connectivity index (χ4n) is 4.96. The average Bonchev–Trinajstić information content (AvgIpc) is 3.73. The van der Waals surface area contributed by atoms with Gasteiger partial charge in [-0.3, -0.25) is 19.9 Å². The standard InChI is InChI=1S/C28H12N12.Cu/c1-5-13-17(29-9-1)25-34-21(13)33-22-14-6-2-10-30-18(14)26(35-22)37-24-16-8-4-12-32-20(16)28(39-24)40-27-19-15(7-3-11-31-19)23(36-25)38-27;/h1-12H;/q-2;+2. The number of nitrogens with zero attached hydrogens (tertiary/aromatic N) is 12. The van der Waals surface area contributed by atoms with E-state index >= 15 is 0 Å². The summed E-state index contributed by atoms with van der Waals surface area (Å²) in [6, 6.07) is 14.9. The van der Waals surface area contributed by atoms with Crippen LogP contribution in [-0.2, 0) is 17.1 Å². The van der Waals surface area contributed by atoms with E-state index in [1.165, 1.54) is 0 Å². The SMILES string of the molecule is [Cu+2].c1cnc2c(c1)-c1nc-2nc2[n-]c(nc3nc(nc4[n-]c(n1)c1cccnc41)-c1cccnc1-3)c1ncccc21. The van der Waals surface area contributed by atoms with Gasteiger partial charge >= 0.3 is 17.1 Å². The van der Waals surface area contributed by atoms with Crippen LogP contribution in [0.1, 0.15) is 0 Å². The van der Waals surface area contributed by atoms with Crippen LogP contribution >= 0.6 is 0 Å². The van der Waals surface area contributed by atoms with Crippen LogP contribution in [0.2, 0.25) is 0 Å². The molecule has 13 heteroatoms. The first-order chi connectivity index (χ1) is 19.8. The minimum Gasteiger partial charge on any atom is -0.356 e. The Hall–Kier alpha value is -5.52. The molecule has 9 rings (SSSR count). The minimum atomic E-state index is 0. The summed E-state index contributed by atoms with van der Waals surface area (Å²) in [4.78, 5) is 56.4. The van der Waals surface area contributed by atoms with Gasteiger partial charge in [0, 0.05) is 69.3 Å². The van der Waals surface area contributed by atoms with Crippen molar-refractivity contribution in [1.29, 1.82) is 0 Å². The number of aromatic nitrogens is 12.